The number of hydrogen-bond acceptors (Lipinski definition) is 4. The number of aliphatic hydroxyl groups is 1. The van der Waals surface area contributed by atoms with Gasteiger partial charge in [0.2, 0.25) is 0 Å². The Bertz CT molecular complexity index is 564. The lowest BCUT2D eigenvalue weighted by Crippen LogP contribution is -2.09. The van der Waals surface area contributed by atoms with Gasteiger partial charge in [0.25, 0.3) is 0 Å². The summed E-state index contributed by atoms with van der Waals surface area (Å²) >= 11 is 7.87. The minimum atomic E-state index is -0.630. The lowest BCUT2D eigenvalue weighted by molar-refractivity contribution is 0.171. The third-order valence-corrected chi connectivity index (χ3v) is 4.29. The van der Waals surface area contributed by atoms with Crippen molar-refractivity contribution in [1.82, 2.24) is 14.8 Å². The molecule has 0 spiro atoms. The summed E-state index contributed by atoms with van der Waals surface area (Å²) in [6.45, 7) is 6.72. The van der Waals surface area contributed by atoms with Crippen LogP contribution in [0.15, 0.2) is 5.38 Å². The molecule has 4 nitrogen and oxygen atoms in total. The van der Waals surface area contributed by atoms with Crippen LogP contribution in [0, 0.1) is 6.92 Å². The fraction of sp³-hybridized carbons (Fsp3) is 0.538. The van der Waals surface area contributed by atoms with Crippen molar-refractivity contribution < 1.29 is 5.11 Å². The van der Waals surface area contributed by atoms with Crippen LogP contribution in [0.3, 0.4) is 0 Å². The third kappa shape index (κ3) is 2.99. The maximum atomic E-state index is 10.3. The fourth-order valence-corrected chi connectivity index (χ4v) is 3.04. The molecule has 0 amide bonds. The summed E-state index contributed by atoms with van der Waals surface area (Å²) in [5, 5.41) is 18.2. The van der Waals surface area contributed by atoms with Gasteiger partial charge in [0.05, 0.1) is 27.1 Å². The molecule has 1 atom stereocenters. The van der Waals surface area contributed by atoms with Crippen LogP contribution in [0.25, 0.3) is 0 Å². The van der Waals surface area contributed by atoms with Gasteiger partial charge in [-0.2, -0.15) is 5.10 Å². The molecule has 0 fully saturated rings. The van der Waals surface area contributed by atoms with Crippen molar-refractivity contribution in [3.8, 4) is 0 Å². The van der Waals surface area contributed by atoms with Crippen molar-refractivity contribution >= 4 is 22.9 Å². The van der Waals surface area contributed by atoms with E-state index in [1.54, 1.807) is 11.3 Å². The average Bonchev–Trinajstić information content (AvgIpc) is 2.95. The Kier molecular flexibility index (Phi) is 4.60. The molecule has 0 bridgehead atoms. The number of hydrogen-bond donors (Lipinski definition) is 1. The molecule has 1 N–H and O–H groups in total. The Morgan fingerprint density at radius 1 is 1.47 bits per heavy atom. The molecule has 6 heteroatoms. The molecule has 0 aliphatic heterocycles. The van der Waals surface area contributed by atoms with Gasteiger partial charge >= 0.3 is 0 Å². The topological polar surface area (TPSA) is 50.9 Å². The lowest BCUT2D eigenvalue weighted by atomic mass is 10.1. The quantitative estimate of drug-likeness (QED) is 0.922. The monoisotopic (exact) mass is 299 g/mol. The molecule has 2 aromatic heterocycles. The number of rotatable bonds is 5. The van der Waals surface area contributed by atoms with Crippen molar-refractivity contribution in [2.75, 3.05) is 0 Å². The molecule has 19 heavy (non-hydrogen) atoms. The van der Waals surface area contributed by atoms with Crippen LogP contribution in [0.2, 0.25) is 5.02 Å². The van der Waals surface area contributed by atoms with Crippen LogP contribution >= 0.6 is 22.9 Å². The Morgan fingerprint density at radius 3 is 2.74 bits per heavy atom. The maximum absolute atomic E-state index is 10.3. The molecule has 104 valence electrons. The van der Waals surface area contributed by atoms with E-state index in [-0.39, 0.29) is 0 Å². The van der Waals surface area contributed by atoms with Crippen molar-refractivity contribution in [3.63, 3.8) is 0 Å². The minimum absolute atomic E-state index is 0.447. The first-order chi connectivity index (χ1) is 9.06. The van der Waals surface area contributed by atoms with Gasteiger partial charge in [-0.05, 0) is 20.3 Å². The first-order valence-corrected chi connectivity index (χ1v) is 7.66. The third-order valence-electron chi connectivity index (χ3n) is 3.06. The van der Waals surface area contributed by atoms with Crippen LogP contribution in [0.5, 0.6) is 0 Å². The second kappa shape index (κ2) is 6.03. The van der Waals surface area contributed by atoms with Crippen LogP contribution in [-0.4, -0.2) is 19.9 Å². The van der Waals surface area contributed by atoms with E-state index in [4.69, 9.17) is 11.6 Å². The van der Waals surface area contributed by atoms with Gasteiger partial charge in [-0.25, -0.2) is 4.98 Å². The predicted molar refractivity (Wildman–Crippen MR) is 77.8 cm³/mol. The van der Waals surface area contributed by atoms with E-state index >= 15 is 0 Å². The Morgan fingerprint density at radius 2 is 2.21 bits per heavy atom. The number of aryl methyl sites for hydroxylation is 3. The Hall–Kier alpha value is -0.910. The van der Waals surface area contributed by atoms with Crippen molar-refractivity contribution in [3.05, 3.63) is 32.5 Å². The smallest absolute Gasteiger partial charge is 0.102 e. The van der Waals surface area contributed by atoms with Crippen LogP contribution < -0.4 is 0 Å². The number of aliphatic hydroxyl groups excluding tert-OH is 1. The zero-order valence-electron chi connectivity index (χ0n) is 11.4. The lowest BCUT2D eigenvalue weighted by Gasteiger charge is -2.10. The summed E-state index contributed by atoms with van der Waals surface area (Å²) in [6.07, 6.45) is 0.613. The Balaban J connectivity index is 2.25. The maximum Gasteiger partial charge on any atom is 0.102 e. The van der Waals surface area contributed by atoms with Crippen molar-refractivity contribution in [1.29, 1.82) is 0 Å². The molecule has 0 aromatic carbocycles. The van der Waals surface area contributed by atoms with E-state index in [1.165, 1.54) is 0 Å². The van der Waals surface area contributed by atoms with Crippen LogP contribution in [-0.2, 0) is 19.4 Å². The van der Waals surface area contributed by atoms with Gasteiger partial charge in [-0.1, -0.05) is 18.5 Å². The van der Waals surface area contributed by atoms with E-state index in [9.17, 15) is 5.11 Å². The first kappa shape index (κ1) is 14.5. The molecule has 0 radical (unpaired) electrons. The average molecular weight is 300 g/mol. The Labute approximate surface area is 122 Å². The normalized spacial score (nSPS) is 12.9. The summed E-state index contributed by atoms with van der Waals surface area (Å²) in [4.78, 5) is 4.31. The van der Waals surface area contributed by atoms with Gasteiger partial charge in [0.15, 0.2) is 0 Å². The molecular weight excluding hydrogens is 282 g/mol. The van der Waals surface area contributed by atoms with Crippen LogP contribution in [0.4, 0.5) is 0 Å². The zero-order chi connectivity index (χ0) is 14.0. The largest absolute Gasteiger partial charge is 0.386 e. The van der Waals surface area contributed by atoms with Gasteiger partial charge in [0, 0.05) is 18.3 Å². The van der Waals surface area contributed by atoms with E-state index in [0.29, 0.717) is 17.1 Å². The highest BCUT2D eigenvalue weighted by Gasteiger charge is 2.19. The van der Waals surface area contributed by atoms with E-state index in [2.05, 4.69) is 10.1 Å². The van der Waals surface area contributed by atoms with Gasteiger partial charge in [-0.3, -0.25) is 4.68 Å². The van der Waals surface area contributed by atoms with E-state index < -0.39 is 6.10 Å². The van der Waals surface area contributed by atoms with Gasteiger partial charge < -0.3 is 5.11 Å². The molecule has 0 saturated carbocycles. The summed E-state index contributed by atoms with van der Waals surface area (Å²) in [7, 11) is 0. The second-order valence-corrected chi connectivity index (χ2v) is 5.83. The van der Waals surface area contributed by atoms with E-state index in [0.717, 1.165) is 29.4 Å². The number of halogens is 1. The fourth-order valence-electron chi connectivity index (χ4n) is 2.03. The molecule has 2 rings (SSSR count). The molecule has 0 aliphatic rings. The summed E-state index contributed by atoms with van der Waals surface area (Å²) in [5.74, 6) is 0. The highest BCUT2D eigenvalue weighted by atomic mass is 35.5. The molecule has 2 heterocycles. The first-order valence-electron chi connectivity index (χ1n) is 6.40. The van der Waals surface area contributed by atoms with Crippen LogP contribution in [0.1, 0.15) is 42.0 Å². The standard InChI is InChI=1S/C13H18ClN3OS/c1-4-9-13(14)11(17(5-2)16-9)6-12(18)10-7-19-8(3)15-10/h7,12,18H,4-6H2,1-3H3. The molecular formula is C13H18ClN3OS. The highest BCUT2D eigenvalue weighted by Crippen LogP contribution is 2.27. The molecule has 0 aliphatic carbocycles. The summed E-state index contributed by atoms with van der Waals surface area (Å²) in [6, 6.07) is 0. The summed E-state index contributed by atoms with van der Waals surface area (Å²) in [5.41, 5.74) is 2.49. The number of aromatic nitrogens is 3. The van der Waals surface area contributed by atoms with Gasteiger partial charge in [-0.15, -0.1) is 11.3 Å². The zero-order valence-corrected chi connectivity index (χ0v) is 12.9. The highest BCUT2D eigenvalue weighted by molar-refractivity contribution is 7.09. The molecule has 2 aromatic rings. The van der Waals surface area contributed by atoms with Crippen molar-refractivity contribution in [2.24, 2.45) is 0 Å². The number of nitrogens with zero attached hydrogens (tertiary/aromatic N) is 3. The molecule has 1 unspecified atom stereocenters. The second-order valence-electron chi connectivity index (χ2n) is 4.39. The van der Waals surface area contributed by atoms with Crippen molar-refractivity contribution in [2.45, 2.75) is 46.3 Å². The van der Waals surface area contributed by atoms with Gasteiger partial charge in [0.1, 0.15) is 6.10 Å². The molecule has 0 saturated heterocycles. The number of thiazole rings is 1. The predicted octanol–water partition coefficient (Wildman–Crippen LogP) is 3.16. The summed E-state index contributed by atoms with van der Waals surface area (Å²) < 4.78 is 1.86. The minimum Gasteiger partial charge on any atom is -0.386 e. The van der Waals surface area contributed by atoms with E-state index in [1.807, 2.05) is 30.8 Å². The SMILES string of the molecule is CCc1nn(CC)c(CC(O)c2csc(C)n2)c1Cl.